The molecule has 7 nitrogen and oxygen atoms in total. The first-order chi connectivity index (χ1) is 13.7. The van der Waals surface area contributed by atoms with Gasteiger partial charge in [-0.2, -0.15) is 5.21 Å². The highest BCUT2D eigenvalue weighted by molar-refractivity contribution is 6.00. The Morgan fingerprint density at radius 3 is 2.79 bits per heavy atom. The molecule has 3 atom stereocenters. The Morgan fingerprint density at radius 2 is 2.00 bits per heavy atom. The van der Waals surface area contributed by atoms with Gasteiger partial charge in [-0.15, -0.1) is 22.6 Å². The molecule has 0 radical (unpaired) electrons. The number of nitrogens with zero attached hydrogens (tertiary/aromatic N) is 4. The molecule has 5 rings (SSSR count). The average molecular weight is 415 g/mol. The average Bonchev–Trinajstić information content (AvgIpc) is 3.44. The van der Waals surface area contributed by atoms with Gasteiger partial charge in [-0.25, -0.2) is 4.39 Å². The van der Waals surface area contributed by atoms with Crippen LogP contribution in [-0.2, 0) is 0 Å². The minimum atomic E-state index is -0.286. The van der Waals surface area contributed by atoms with E-state index >= 15 is 0 Å². The van der Waals surface area contributed by atoms with Gasteiger partial charge in [0.25, 0.3) is 5.91 Å². The lowest BCUT2D eigenvalue weighted by Crippen LogP contribution is -2.35. The highest BCUT2D eigenvalue weighted by Gasteiger charge is 2.47. The maximum absolute atomic E-state index is 13.9. The van der Waals surface area contributed by atoms with Crippen molar-refractivity contribution >= 4 is 18.3 Å². The van der Waals surface area contributed by atoms with Crippen molar-refractivity contribution < 1.29 is 9.18 Å². The summed E-state index contributed by atoms with van der Waals surface area (Å²) in [6.45, 7) is 2.33. The molecule has 2 aliphatic rings. The third-order valence-corrected chi connectivity index (χ3v) is 5.76. The molecule has 2 aromatic carbocycles. The molecule has 29 heavy (non-hydrogen) atoms. The van der Waals surface area contributed by atoms with Crippen molar-refractivity contribution in [3.8, 4) is 11.4 Å². The monoisotopic (exact) mass is 414 g/mol. The Labute approximate surface area is 173 Å². The van der Waals surface area contributed by atoms with Gasteiger partial charge in [0.1, 0.15) is 5.82 Å². The normalized spacial score (nSPS) is 22.9. The quantitative estimate of drug-likeness (QED) is 0.687. The summed E-state index contributed by atoms with van der Waals surface area (Å²) in [5.74, 6) is 0.625. The van der Waals surface area contributed by atoms with Crippen LogP contribution in [0.5, 0.6) is 0 Å². The zero-order valence-electron chi connectivity index (χ0n) is 15.5. The smallest absolute Gasteiger partial charge is 0.255 e. The predicted molar refractivity (Wildman–Crippen MR) is 107 cm³/mol. The van der Waals surface area contributed by atoms with Crippen molar-refractivity contribution in [3.63, 3.8) is 0 Å². The number of carbonyl (C=O) groups is 1. The molecular weight excluding hydrogens is 395 g/mol. The van der Waals surface area contributed by atoms with Crippen LogP contribution in [0.2, 0.25) is 0 Å². The lowest BCUT2D eigenvalue weighted by molar-refractivity contribution is 0.0714. The third kappa shape index (κ3) is 3.38. The third-order valence-electron chi connectivity index (χ3n) is 5.76. The van der Waals surface area contributed by atoms with E-state index in [2.05, 4.69) is 25.9 Å². The molecule has 1 amide bonds. The number of nitrogens with one attached hydrogen (secondary N) is 2. The maximum atomic E-state index is 13.9. The van der Waals surface area contributed by atoms with Crippen molar-refractivity contribution in [1.29, 1.82) is 0 Å². The van der Waals surface area contributed by atoms with Crippen LogP contribution in [0.3, 0.4) is 0 Å². The number of aromatic nitrogens is 4. The van der Waals surface area contributed by atoms with Crippen LogP contribution in [0.4, 0.5) is 4.39 Å². The fraction of sp³-hybridized carbons (Fsp3) is 0.300. The van der Waals surface area contributed by atoms with Gasteiger partial charge in [-0.1, -0.05) is 30.3 Å². The Balaban J connectivity index is 0.00000205. The number of fused-ring (bicyclic) bond motifs is 1. The molecule has 2 fully saturated rings. The molecule has 0 spiro atoms. The summed E-state index contributed by atoms with van der Waals surface area (Å²) in [5.41, 5.74) is 1.99. The zero-order chi connectivity index (χ0) is 19.1. The van der Waals surface area contributed by atoms with E-state index in [1.165, 1.54) is 12.1 Å². The highest BCUT2D eigenvalue weighted by Crippen LogP contribution is 2.43. The summed E-state index contributed by atoms with van der Waals surface area (Å²) < 4.78 is 13.9. The predicted octanol–water partition coefficient (Wildman–Crippen LogP) is 2.46. The minimum absolute atomic E-state index is 0. The van der Waals surface area contributed by atoms with Crippen molar-refractivity contribution in [2.24, 2.45) is 11.8 Å². The van der Waals surface area contributed by atoms with Crippen molar-refractivity contribution in [1.82, 2.24) is 30.8 Å². The molecule has 3 heterocycles. The van der Waals surface area contributed by atoms with Crippen LogP contribution in [-0.4, -0.2) is 51.1 Å². The van der Waals surface area contributed by atoms with Crippen LogP contribution in [0.25, 0.3) is 11.4 Å². The van der Waals surface area contributed by atoms with E-state index in [4.69, 9.17) is 0 Å². The molecule has 0 bridgehead atoms. The first kappa shape index (κ1) is 19.5. The second-order valence-electron chi connectivity index (χ2n) is 7.32. The molecule has 2 N–H and O–H groups in total. The second kappa shape index (κ2) is 7.88. The molecule has 0 saturated carbocycles. The summed E-state index contributed by atoms with van der Waals surface area (Å²) in [7, 11) is 0. The first-order valence-corrected chi connectivity index (χ1v) is 9.32. The summed E-state index contributed by atoms with van der Waals surface area (Å²) in [4.78, 5) is 15.5. The lowest BCUT2D eigenvalue weighted by atomic mass is 9.89. The first-order valence-electron chi connectivity index (χ1n) is 9.32. The van der Waals surface area contributed by atoms with E-state index in [-0.39, 0.29) is 36.1 Å². The molecule has 0 unspecified atom stereocenters. The van der Waals surface area contributed by atoms with Gasteiger partial charge in [0, 0.05) is 31.1 Å². The van der Waals surface area contributed by atoms with Gasteiger partial charge >= 0.3 is 0 Å². The van der Waals surface area contributed by atoms with Crippen LogP contribution < -0.4 is 5.32 Å². The van der Waals surface area contributed by atoms with Gasteiger partial charge in [0.15, 0.2) is 0 Å². The highest BCUT2D eigenvalue weighted by atomic mass is 35.5. The molecule has 0 aliphatic carbocycles. The van der Waals surface area contributed by atoms with E-state index in [0.717, 1.165) is 18.7 Å². The fourth-order valence-corrected chi connectivity index (χ4v) is 4.54. The number of halogens is 2. The molecule has 2 saturated heterocycles. The van der Waals surface area contributed by atoms with E-state index in [1.54, 1.807) is 12.1 Å². The number of amides is 1. The molecule has 2 aliphatic heterocycles. The summed E-state index contributed by atoms with van der Waals surface area (Å²) in [6.07, 6.45) is 0. The number of likely N-dealkylation sites (tertiary alicyclic amines) is 1. The summed E-state index contributed by atoms with van der Waals surface area (Å²) in [6, 6.07) is 13.7. The molecular formula is C20H20ClFN6O. The SMILES string of the molecule is Cl.O=C(c1ccccc1-c1nn[nH]n1)N1C[C@@H]2CNC[C@@H]2[C@H]1c1cccc(F)c1. The fourth-order valence-electron chi connectivity index (χ4n) is 4.54. The number of hydrogen-bond acceptors (Lipinski definition) is 5. The number of rotatable bonds is 3. The van der Waals surface area contributed by atoms with Crippen molar-refractivity contribution in [2.45, 2.75) is 6.04 Å². The van der Waals surface area contributed by atoms with E-state index in [0.29, 0.717) is 29.4 Å². The number of hydrogen-bond donors (Lipinski definition) is 2. The van der Waals surface area contributed by atoms with Gasteiger partial charge in [0.2, 0.25) is 5.82 Å². The summed E-state index contributed by atoms with van der Waals surface area (Å²) >= 11 is 0. The van der Waals surface area contributed by atoms with Crippen molar-refractivity contribution in [3.05, 3.63) is 65.5 Å². The Hall–Kier alpha value is -2.84. The molecule has 1 aromatic heterocycles. The molecule has 9 heteroatoms. The van der Waals surface area contributed by atoms with Gasteiger partial charge in [-0.3, -0.25) is 4.79 Å². The summed E-state index contributed by atoms with van der Waals surface area (Å²) in [5, 5.41) is 17.5. The zero-order valence-corrected chi connectivity index (χ0v) is 16.3. The van der Waals surface area contributed by atoms with Gasteiger partial charge < -0.3 is 10.2 Å². The number of carbonyl (C=O) groups excluding carboxylic acids is 1. The van der Waals surface area contributed by atoms with Crippen LogP contribution in [0, 0.1) is 17.7 Å². The number of tetrazole rings is 1. The van der Waals surface area contributed by atoms with E-state index in [9.17, 15) is 9.18 Å². The Kier molecular flexibility index (Phi) is 5.29. The topological polar surface area (TPSA) is 86.8 Å². The largest absolute Gasteiger partial charge is 0.331 e. The van der Waals surface area contributed by atoms with E-state index in [1.807, 2.05) is 29.2 Å². The standard InChI is InChI=1S/C20H19FN6O.ClH/c21-14-5-3-4-12(8-14)18-17-10-22-9-13(17)11-27(18)20(28)16-7-2-1-6-15(16)19-23-25-26-24-19;/h1-8,13,17-18,22H,9-11H2,(H,23,24,25,26);1H/t13-,17-,18+;/m0./s1. The molecule has 3 aromatic rings. The van der Waals surface area contributed by atoms with E-state index < -0.39 is 0 Å². The molecule has 150 valence electrons. The van der Waals surface area contributed by atoms with Gasteiger partial charge in [0.05, 0.1) is 11.6 Å². The maximum Gasteiger partial charge on any atom is 0.255 e. The second-order valence-corrected chi connectivity index (χ2v) is 7.32. The van der Waals surface area contributed by atoms with Crippen LogP contribution >= 0.6 is 12.4 Å². The Bertz CT molecular complexity index is 1010. The van der Waals surface area contributed by atoms with Gasteiger partial charge in [-0.05, 0) is 34.9 Å². The van der Waals surface area contributed by atoms with Crippen LogP contribution in [0.15, 0.2) is 48.5 Å². The Morgan fingerprint density at radius 1 is 1.14 bits per heavy atom. The lowest BCUT2D eigenvalue weighted by Gasteiger charge is -2.29. The number of aromatic amines is 1. The number of H-pyrrole nitrogens is 1. The number of benzene rings is 2. The van der Waals surface area contributed by atoms with Crippen molar-refractivity contribution in [2.75, 3.05) is 19.6 Å². The van der Waals surface area contributed by atoms with Crippen LogP contribution in [0.1, 0.15) is 22.0 Å². The minimum Gasteiger partial charge on any atom is -0.331 e.